The van der Waals surface area contributed by atoms with E-state index in [2.05, 4.69) is 66.4 Å². The Hall–Kier alpha value is -2.18. The van der Waals surface area contributed by atoms with Gasteiger partial charge in [-0.15, -0.1) is 0 Å². The van der Waals surface area contributed by atoms with Gasteiger partial charge in [0.25, 0.3) is 0 Å². The maximum Gasteiger partial charge on any atom is 0.414 e. The van der Waals surface area contributed by atoms with E-state index in [9.17, 15) is 0 Å². The lowest BCUT2D eigenvalue weighted by Crippen LogP contribution is -2.36. The summed E-state index contributed by atoms with van der Waals surface area (Å²) in [6, 6.07) is 10.9. The number of hydrogen-bond acceptors (Lipinski definition) is 4. The summed E-state index contributed by atoms with van der Waals surface area (Å²) in [5.41, 5.74) is 1.44. The minimum absolute atomic E-state index is 0.854. The van der Waals surface area contributed by atoms with Crippen LogP contribution in [-0.2, 0) is 16.1 Å². The van der Waals surface area contributed by atoms with E-state index in [1.807, 2.05) is 0 Å². The number of rotatable bonds is 7. The zero-order valence-electron chi connectivity index (χ0n) is 16.1. The minimum atomic E-state index is -1.82. The average molecular weight is 374 g/mol. The van der Waals surface area contributed by atoms with Crippen molar-refractivity contribution in [3.05, 3.63) is 48.0 Å². The zero-order valence-corrected chi connectivity index (χ0v) is 16.1. The van der Waals surface area contributed by atoms with Crippen molar-refractivity contribution in [2.45, 2.75) is 19.4 Å². The van der Waals surface area contributed by atoms with Gasteiger partial charge in [0.1, 0.15) is 0 Å². The lowest BCUT2D eigenvalue weighted by atomic mass is 9.93. The van der Waals surface area contributed by atoms with Crippen LogP contribution in [0.1, 0.15) is 18.4 Å². The van der Waals surface area contributed by atoms with Crippen LogP contribution in [0.3, 0.4) is 0 Å². The van der Waals surface area contributed by atoms with Crippen LogP contribution >= 0.6 is 0 Å². The Morgan fingerprint density at radius 3 is 2.15 bits per heavy atom. The van der Waals surface area contributed by atoms with Crippen molar-refractivity contribution in [3.8, 4) is 0 Å². The van der Waals surface area contributed by atoms with Gasteiger partial charge in [0.15, 0.2) is 0 Å². The number of benzene rings is 1. The van der Waals surface area contributed by atoms with Gasteiger partial charge in [-0.05, 0) is 50.3 Å². The molecule has 6 nitrogen and oxygen atoms in total. The maximum absolute atomic E-state index is 9.10. The van der Waals surface area contributed by atoms with Crippen molar-refractivity contribution < 1.29 is 19.8 Å². The van der Waals surface area contributed by atoms with E-state index in [1.54, 1.807) is 0 Å². The third kappa shape index (κ3) is 7.15. The SMILES string of the molecule is CN(C)CCN(Cc1ccccc1)CC1CC2C=CC1C2.O=C(O)C(=O)O. The molecule has 0 heterocycles. The van der Waals surface area contributed by atoms with Gasteiger partial charge in [-0.3, -0.25) is 4.90 Å². The molecule has 27 heavy (non-hydrogen) atoms. The third-order valence-corrected chi connectivity index (χ3v) is 5.20. The molecule has 2 N–H and O–H groups in total. The molecular formula is C21H30N2O4. The number of aliphatic carboxylic acids is 2. The molecule has 1 aromatic carbocycles. The molecule has 0 amide bonds. The van der Waals surface area contributed by atoms with Crippen molar-refractivity contribution in [3.63, 3.8) is 0 Å². The second-order valence-corrected chi connectivity index (χ2v) is 7.67. The first kappa shape index (κ1) is 21.1. The summed E-state index contributed by atoms with van der Waals surface area (Å²) in [5.74, 6) is -1.03. The molecule has 6 heteroatoms. The van der Waals surface area contributed by atoms with Crippen molar-refractivity contribution in [2.24, 2.45) is 17.8 Å². The Labute approximate surface area is 161 Å². The lowest BCUT2D eigenvalue weighted by Gasteiger charge is -2.29. The molecule has 0 spiro atoms. The van der Waals surface area contributed by atoms with Crippen LogP contribution < -0.4 is 0 Å². The molecule has 3 rings (SSSR count). The summed E-state index contributed by atoms with van der Waals surface area (Å²) < 4.78 is 0. The second-order valence-electron chi connectivity index (χ2n) is 7.67. The third-order valence-electron chi connectivity index (χ3n) is 5.20. The normalized spacial score (nSPS) is 22.7. The van der Waals surface area contributed by atoms with Crippen molar-refractivity contribution >= 4 is 11.9 Å². The Kier molecular flexibility index (Phi) is 8.00. The number of nitrogens with zero attached hydrogens (tertiary/aromatic N) is 2. The molecular weight excluding hydrogens is 344 g/mol. The highest BCUT2D eigenvalue weighted by Crippen LogP contribution is 2.43. The first-order valence-corrected chi connectivity index (χ1v) is 9.40. The second kappa shape index (κ2) is 10.2. The lowest BCUT2D eigenvalue weighted by molar-refractivity contribution is -0.159. The summed E-state index contributed by atoms with van der Waals surface area (Å²) in [6.45, 7) is 4.66. The Morgan fingerprint density at radius 1 is 1.00 bits per heavy atom. The zero-order chi connectivity index (χ0) is 19.8. The summed E-state index contributed by atoms with van der Waals surface area (Å²) in [5, 5.41) is 14.8. The van der Waals surface area contributed by atoms with Crippen LogP contribution in [-0.4, -0.2) is 65.7 Å². The van der Waals surface area contributed by atoms with Gasteiger partial charge in [-0.2, -0.15) is 0 Å². The molecule has 0 saturated heterocycles. The van der Waals surface area contributed by atoms with E-state index in [4.69, 9.17) is 19.8 Å². The highest BCUT2D eigenvalue weighted by Gasteiger charge is 2.36. The maximum atomic E-state index is 9.10. The van der Waals surface area contributed by atoms with E-state index in [0.29, 0.717) is 0 Å². The topological polar surface area (TPSA) is 81.1 Å². The molecule has 148 valence electrons. The molecule has 2 bridgehead atoms. The number of fused-ring (bicyclic) bond motifs is 2. The van der Waals surface area contributed by atoms with Gasteiger partial charge in [0.05, 0.1) is 0 Å². The molecule has 2 aliphatic carbocycles. The van der Waals surface area contributed by atoms with Gasteiger partial charge in [-0.1, -0.05) is 42.5 Å². The fraction of sp³-hybridized carbons (Fsp3) is 0.524. The number of allylic oxidation sites excluding steroid dienone is 2. The van der Waals surface area contributed by atoms with Gasteiger partial charge >= 0.3 is 11.9 Å². The predicted molar refractivity (Wildman–Crippen MR) is 104 cm³/mol. The Balaban J connectivity index is 0.000000380. The van der Waals surface area contributed by atoms with E-state index < -0.39 is 11.9 Å². The van der Waals surface area contributed by atoms with E-state index >= 15 is 0 Å². The molecule has 1 fully saturated rings. The Bertz CT molecular complexity index is 633. The molecule has 1 saturated carbocycles. The van der Waals surface area contributed by atoms with Gasteiger partial charge < -0.3 is 15.1 Å². The van der Waals surface area contributed by atoms with Gasteiger partial charge in [0.2, 0.25) is 0 Å². The van der Waals surface area contributed by atoms with Gasteiger partial charge in [0, 0.05) is 26.2 Å². The standard InChI is InChI=1S/C19H28N2.C2H2O4/c1-20(2)10-11-21(14-16-6-4-3-5-7-16)15-19-13-17-8-9-18(19)12-17;3-1(4)2(5)6/h3-9,17-19H,10-15H2,1-2H3;(H,3,4)(H,5,6). The number of likely N-dealkylation sites (N-methyl/N-ethyl adjacent to an activating group) is 1. The molecule has 3 atom stereocenters. The van der Waals surface area contributed by atoms with Crippen LogP contribution in [0.15, 0.2) is 42.5 Å². The molecule has 3 unspecified atom stereocenters. The van der Waals surface area contributed by atoms with Gasteiger partial charge in [-0.25, -0.2) is 9.59 Å². The number of carboxylic acids is 2. The summed E-state index contributed by atoms with van der Waals surface area (Å²) in [4.78, 5) is 23.2. The number of hydrogen-bond donors (Lipinski definition) is 2. The quantitative estimate of drug-likeness (QED) is 0.564. The van der Waals surface area contributed by atoms with Crippen LogP contribution in [0.25, 0.3) is 0 Å². The smallest absolute Gasteiger partial charge is 0.414 e. The fourth-order valence-electron chi connectivity index (χ4n) is 3.85. The molecule has 0 radical (unpaired) electrons. The largest absolute Gasteiger partial charge is 0.473 e. The Morgan fingerprint density at radius 2 is 1.67 bits per heavy atom. The summed E-state index contributed by atoms with van der Waals surface area (Å²) in [6.07, 6.45) is 7.75. The first-order chi connectivity index (χ1) is 12.8. The minimum Gasteiger partial charge on any atom is -0.473 e. The van der Waals surface area contributed by atoms with E-state index in [0.717, 1.165) is 30.8 Å². The van der Waals surface area contributed by atoms with Crippen LogP contribution in [0.2, 0.25) is 0 Å². The van der Waals surface area contributed by atoms with Crippen LogP contribution in [0, 0.1) is 17.8 Å². The van der Waals surface area contributed by atoms with Crippen molar-refractivity contribution in [1.82, 2.24) is 9.80 Å². The fourth-order valence-corrected chi connectivity index (χ4v) is 3.85. The number of carboxylic acid groups (broad SMARTS) is 2. The number of carbonyl (C=O) groups is 2. The summed E-state index contributed by atoms with van der Waals surface area (Å²) >= 11 is 0. The van der Waals surface area contributed by atoms with Crippen LogP contribution in [0.5, 0.6) is 0 Å². The van der Waals surface area contributed by atoms with Crippen LogP contribution in [0.4, 0.5) is 0 Å². The van der Waals surface area contributed by atoms with E-state index in [1.165, 1.54) is 31.5 Å². The monoisotopic (exact) mass is 374 g/mol. The molecule has 0 aromatic heterocycles. The molecule has 1 aromatic rings. The summed E-state index contributed by atoms with van der Waals surface area (Å²) in [7, 11) is 4.34. The average Bonchev–Trinajstić information content (AvgIpc) is 3.24. The van der Waals surface area contributed by atoms with Crippen molar-refractivity contribution in [2.75, 3.05) is 33.7 Å². The van der Waals surface area contributed by atoms with E-state index in [-0.39, 0.29) is 0 Å². The highest BCUT2D eigenvalue weighted by atomic mass is 16.4. The first-order valence-electron chi connectivity index (χ1n) is 9.40. The highest BCUT2D eigenvalue weighted by molar-refractivity contribution is 6.27. The molecule has 0 aliphatic heterocycles. The molecule has 2 aliphatic rings. The van der Waals surface area contributed by atoms with Crippen molar-refractivity contribution in [1.29, 1.82) is 0 Å². The predicted octanol–water partition coefficient (Wildman–Crippen LogP) is 2.42.